The number of hydrogen-bond donors (Lipinski definition) is 1. The zero-order valence-electron chi connectivity index (χ0n) is 10.5. The summed E-state index contributed by atoms with van der Waals surface area (Å²) < 4.78 is 32.4. The highest BCUT2D eigenvalue weighted by Gasteiger charge is 2.35. The molecule has 1 saturated carbocycles. The zero-order chi connectivity index (χ0) is 13.2. The van der Waals surface area contributed by atoms with E-state index < -0.39 is 17.2 Å². The molecule has 1 aliphatic rings. The molecule has 0 aliphatic heterocycles. The smallest absolute Gasteiger partial charge is 0.129 e. The van der Waals surface area contributed by atoms with E-state index >= 15 is 0 Å². The van der Waals surface area contributed by atoms with Gasteiger partial charge in [0.25, 0.3) is 0 Å². The summed E-state index contributed by atoms with van der Waals surface area (Å²) in [6, 6.07) is 3.77. The van der Waals surface area contributed by atoms with E-state index in [-0.39, 0.29) is 18.1 Å². The van der Waals surface area contributed by atoms with Gasteiger partial charge in [-0.3, -0.25) is 0 Å². The van der Waals surface area contributed by atoms with Crippen LogP contribution < -0.4 is 0 Å². The Balaban J connectivity index is 2.17. The van der Waals surface area contributed by atoms with Crippen molar-refractivity contribution in [2.24, 2.45) is 0 Å². The van der Waals surface area contributed by atoms with E-state index in [1.807, 2.05) is 0 Å². The SMILES string of the molecule is COC1CCCC(O)(Cc2c(F)cccc2F)C1. The number of halogens is 2. The molecule has 1 fully saturated rings. The van der Waals surface area contributed by atoms with Gasteiger partial charge in [0.05, 0.1) is 11.7 Å². The molecular formula is C14H18F2O2. The van der Waals surface area contributed by atoms with E-state index in [0.717, 1.165) is 12.8 Å². The third-order valence-corrected chi connectivity index (χ3v) is 3.68. The minimum atomic E-state index is -1.07. The summed E-state index contributed by atoms with van der Waals surface area (Å²) in [7, 11) is 1.60. The normalized spacial score (nSPS) is 28.3. The van der Waals surface area contributed by atoms with E-state index in [1.165, 1.54) is 18.2 Å². The lowest BCUT2D eigenvalue weighted by Gasteiger charge is -2.36. The average molecular weight is 256 g/mol. The quantitative estimate of drug-likeness (QED) is 0.901. The van der Waals surface area contributed by atoms with Gasteiger partial charge in [-0.15, -0.1) is 0 Å². The van der Waals surface area contributed by atoms with E-state index in [2.05, 4.69) is 0 Å². The summed E-state index contributed by atoms with van der Waals surface area (Å²) in [4.78, 5) is 0. The Hall–Kier alpha value is -1.00. The molecule has 0 bridgehead atoms. The summed E-state index contributed by atoms with van der Waals surface area (Å²) >= 11 is 0. The lowest BCUT2D eigenvalue weighted by atomic mass is 9.79. The summed E-state index contributed by atoms with van der Waals surface area (Å²) in [5.74, 6) is -1.19. The van der Waals surface area contributed by atoms with Gasteiger partial charge in [0.15, 0.2) is 0 Å². The van der Waals surface area contributed by atoms with Crippen LogP contribution in [0.4, 0.5) is 8.78 Å². The van der Waals surface area contributed by atoms with Crippen molar-refractivity contribution >= 4 is 0 Å². The highest BCUT2D eigenvalue weighted by Crippen LogP contribution is 2.33. The van der Waals surface area contributed by atoms with Gasteiger partial charge in [0, 0.05) is 25.5 Å². The highest BCUT2D eigenvalue weighted by molar-refractivity contribution is 5.22. The summed E-state index contributed by atoms with van der Waals surface area (Å²) in [6.07, 6.45) is 2.66. The minimum Gasteiger partial charge on any atom is -0.389 e. The lowest BCUT2D eigenvalue weighted by molar-refractivity contribution is -0.0589. The Kier molecular flexibility index (Phi) is 3.97. The molecule has 2 nitrogen and oxygen atoms in total. The molecule has 0 radical (unpaired) electrons. The first kappa shape index (κ1) is 13.4. The number of ether oxygens (including phenoxy) is 1. The van der Waals surface area contributed by atoms with Gasteiger partial charge in [0.2, 0.25) is 0 Å². The van der Waals surface area contributed by atoms with Crippen molar-refractivity contribution in [2.45, 2.75) is 43.8 Å². The number of methoxy groups -OCH3 is 1. The maximum absolute atomic E-state index is 13.6. The minimum absolute atomic E-state index is 0.00532. The molecule has 0 aromatic heterocycles. The molecule has 2 rings (SSSR count). The second-order valence-electron chi connectivity index (χ2n) is 5.06. The van der Waals surface area contributed by atoms with Crippen molar-refractivity contribution < 1.29 is 18.6 Å². The fraction of sp³-hybridized carbons (Fsp3) is 0.571. The zero-order valence-corrected chi connectivity index (χ0v) is 10.5. The van der Waals surface area contributed by atoms with E-state index in [1.54, 1.807) is 7.11 Å². The maximum atomic E-state index is 13.6. The average Bonchev–Trinajstić information content (AvgIpc) is 2.34. The van der Waals surface area contributed by atoms with Gasteiger partial charge in [-0.05, 0) is 31.4 Å². The third kappa shape index (κ3) is 2.87. The van der Waals surface area contributed by atoms with Crippen LogP contribution in [0.2, 0.25) is 0 Å². The topological polar surface area (TPSA) is 29.5 Å². The predicted octanol–water partition coefficient (Wildman–Crippen LogP) is 2.83. The molecule has 0 spiro atoms. The van der Waals surface area contributed by atoms with Crippen LogP contribution >= 0.6 is 0 Å². The van der Waals surface area contributed by atoms with Crippen molar-refractivity contribution in [1.82, 2.24) is 0 Å². The highest BCUT2D eigenvalue weighted by atomic mass is 19.1. The number of hydrogen-bond acceptors (Lipinski definition) is 2. The van der Waals surface area contributed by atoms with Gasteiger partial charge in [-0.1, -0.05) is 6.07 Å². The van der Waals surface area contributed by atoms with Crippen molar-refractivity contribution in [1.29, 1.82) is 0 Å². The molecule has 1 aromatic rings. The Morgan fingerprint density at radius 3 is 2.67 bits per heavy atom. The van der Waals surface area contributed by atoms with E-state index in [0.29, 0.717) is 12.8 Å². The van der Waals surface area contributed by atoms with Crippen LogP contribution in [0, 0.1) is 11.6 Å². The van der Waals surface area contributed by atoms with Gasteiger partial charge in [-0.25, -0.2) is 8.78 Å². The molecule has 0 saturated heterocycles. The molecule has 0 amide bonds. The molecule has 1 aromatic carbocycles. The predicted molar refractivity (Wildman–Crippen MR) is 64.3 cm³/mol. The van der Waals surface area contributed by atoms with Crippen LogP contribution in [0.5, 0.6) is 0 Å². The Bertz CT molecular complexity index is 402. The first-order chi connectivity index (χ1) is 8.54. The molecular weight excluding hydrogens is 238 g/mol. The molecule has 4 heteroatoms. The fourth-order valence-corrected chi connectivity index (χ4v) is 2.68. The fourth-order valence-electron chi connectivity index (χ4n) is 2.68. The second-order valence-corrected chi connectivity index (χ2v) is 5.06. The molecule has 1 N–H and O–H groups in total. The number of rotatable bonds is 3. The first-order valence-corrected chi connectivity index (χ1v) is 6.22. The van der Waals surface area contributed by atoms with Crippen LogP contribution in [0.25, 0.3) is 0 Å². The Morgan fingerprint density at radius 1 is 1.39 bits per heavy atom. The molecule has 0 heterocycles. The molecule has 100 valence electrons. The van der Waals surface area contributed by atoms with Crippen molar-refractivity contribution in [3.63, 3.8) is 0 Å². The van der Waals surface area contributed by atoms with Gasteiger partial charge in [0.1, 0.15) is 11.6 Å². The van der Waals surface area contributed by atoms with Gasteiger partial charge < -0.3 is 9.84 Å². The molecule has 2 unspecified atom stereocenters. The van der Waals surface area contributed by atoms with Crippen molar-refractivity contribution in [3.05, 3.63) is 35.4 Å². The lowest BCUT2D eigenvalue weighted by Crippen LogP contribution is -2.40. The summed E-state index contributed by atoms with van der Waals surface area (Å²) in [5, 5.41) is 10.5. The Labute approximate surface area is 106 Å². The summed E-state index contributed by atoms with van der Waals surface area (Å²) in [5.41, 5.74) is -1.10. The van der Waals surface area contributed by atoms with Crippen LogP contribution in [0.3, 0.4) is 0 Å². The largest absolute Gasteiger partial charge is 0.389 e. The Morgan fingerprint density at radius 2 is 2.06 bits per heavy atom. The van der Waals surface area contributed by atoms with Gasteiger partial charge >= 0.3 is 0 Å². The van der Waals surface area contributed by atoms with Crippen LogP contribution in [0.1, 0.15) is 31.2 Å². The number of aliphatic hydroxyl groups is 1. The second kappa shape index (κ2) is 5.33. The molecule has 2 atom stereocenters. The third-order valence-electron chi connectivity index (χ3n) is 3.68. The monoisotopic (exact) mass is 256 g/mol. The van der Waals surface area contributed by atoms with Crippen molar-refractivity contribution in [2.75, 3.05) is 7.11 Å². The maximum Gasteiger partial charge on any atom is 0.129 e. The molecule has 18 heavy (non-hydrogen) atoms. The summed E-state index contributed by atoms with van der Waals surface area (Å²) in [6.45, 7) is 0. The van der Waals surface area contributed by atoms with Crippen LogP contribution in [-0.2, 0) is 11.2 Å². The number of benzene rings is 1. The van der Waals surface area contributed by atoms with E-state index in [9.17, 15) is 13.9 Å². The van der Waals surface area contributed by atoms with Gasteiger partial charge in [-0.2, -0.15) is 0 Å². The molecule has 1 aliphatic carbocycles. The van der Waals surface area contributed by atoms with E-state index in [4.69, 9.17) is 4.74 Å². The standard InChI is InChI=1S/C14H18F2O2/c1-18-10-4-3-7-14(17,8-10)9-11-12(15)5-2-6-13(11)16/h2,5-6,10,17H,3-4,7-9H2,1H3. The van der Waals surface area contributed by atoms with Crippen LogP contribution in [-0.4, -0.2) is 23.9 Å². The van der Waals surface area contributed by atoms with Crippen molar-refractivity contribution in [3.8, 4) is 0 Å². The first-order valence-electron chi connectivity index (χ1n) is 6.22. The van der Waals surface area contributed by atoms with Crippen LogP contribution in [0.15, 0.2) is 18.2 Å².